The van der Waals surface area contributed by atoms with Crippen molar-refractivity contribution in [3.63, 3.8) is 0 Å². The molecule has 3 aromatic rings. The summed E-state index contributed by atoms with van der Waals surface area (Å²) in [5.41, 5.74) is 3.26. The SMILES string of the molecule is COc1ccc(OC)c(NC(=O)COC(=O)[C@@H]2CC(=O)N(c3ccc(Oc4cc(C)ccc4C(C)C)cc3)C2)c1. The summed E-state index contributed by atoms with van der Waals surface area (Å²) in [6.45, 7) is 5.92. The zero-order valence-corrected chi connectivity index (χ0v) is 23.4. The van der Waals surface area contributed by atoms with E-state index in [1.165, 1.54) is 14.2 Å². The number of carbonyl (C=O) groups is 3. The van der Waals surface area contributed by atoms with E-state index >= 15 is 0 Å². The molecule has 2 amide bonds. The maximum Gasteiger partial charge on any atom is 0.311 e. The average Bonchev–Trinajstić information content (AvgIpc) is 3.33. The van der Waals surface area contributed by atoms with Gasteiger partial charge in [-0.3, -0.25) is 14.4 Å². The topological polar surface area (TPSA) is 103 Å². The van der Waals surface area contributed by atoms with Crippen LogP contribution < -0.4 is 24.4 Å². The lowest BCUT2D eigenvalue weighted by Crippen LogP contribution is -2.28. The first kappa shape index (κ1) is 28.5. The summed E-state index contributed by atoms with van der Waals surface area (Å²) in [7, 11) is 2.99. The van der Waals surface area contributed by atoms with Gasteiger partial charge in [-0.2, -0.15) is 0 Å². The van der Waals surface area contributed by atoms with Crippen LogP contribution in [-0.4, -0.2) is 45.2 Å². The fourth-order valence-corrected chi connectivity index (χ4v) is 4.50. The summed E-state index contributed by atoms with van der Waals surface area (Å²) < 4.78 is 21.8. The van der Waals surface area contributed by atoms with Crippen molar-refractivity contribution in [1.82, 2.24) is 0 Å². The van der Waals surface area contributed by atoms with E-state index in [1.54, 1.807) is 47.4 Å². The molecule has 0 aliphatic carbocycles. The fourth-order valence-electron chi connectivity index (χ4n) is 4.50. The second kappa shape index (κ2) is 12.5. The molecule has 3 aromatic carbocycles. The normalized spacial score (nSPS) is 14.7. The minimum atomic E-state index is -0.677. The Balaban J connectivity index is 1.33. The Labute approximate surface area is 234 Å². The van der Waals surface area contributed by atoms with Crippen molar-refractivity contribution in [2.75, 3.05) is 37.6 Å². The Kier molecular flexibility index (Phi) is 8.93. The van der Waals surface area contributed by atoms with Crippen molar-refractivity contribution in [2.45, 2.75) is 33.1 Å². The third-order valence-corrected chi connectivity index (χ3v) is 6.65. The van der Waals surface area contributed by atoms with Gasteiger partial charge in [0.05, 0.1) is 25.8 Å². The van der Waals surface area contributed by atoms with Crippen molar-refractivity contribution in [2.24, 2.45) is 5.92 Å². The predicted octanol–water partition coefficient (Wildman–Crippen LogP) is 5.46. The maximum atomic E-state index is 12.7. The number of aryl methyl sites for hydroxylation is 1. The summed E-state index contributed by atoms with van der Waals surface area (Å²) in [6, 6.07) is 18.3. The number of rotatable bonds is 10. The van der Waals surface area contributed by atoms with Crippen LogP contribution in [0.3, 0.4) is 0 Å². The molecule has 9 nitrogen and oxygen atoms in total. The maximum absolute atomic E-state index is 12.7. The molecule has 40 heavy (non-hydrogen) atoms. The molecule has 1 saturated heterocycles. The van der Waals surface area contributed by atoms with E-state index in [-0.39, 0.29) is 18.9 Å². The average molecular weight is 547 g/mol. The number of carbonyl (C=O) groups excluding carboxylic acids is 3. The Bertz CT molecular complexity index is 1380. The van der Waals surface area contributed by atoms with E-state index in [1.807, 2.05) is 13.0 Å². The van der Waals surface area contributed by atoms with Gasteiger partial charge in [-0.25, -0.2) is 0 Å². The molecule has 0 radical (unpaired) electrons. The first-order valence-corrected chi connectivity index (χ1v) is 13.1. The van der Waals surface area contributed by atoms with E-state index < -0.39 is 24.4 Å². The number of ether oxygens (including phenoxy) is 4. The van der Waals surface area contributed by atoms with Crippen molar-refractivity contribution >= 4 is 29.2 Å². The number of methoxy groups -OCH3 is 2. The van der Waals surface area contributed by atoms with Crippen molar-refractivity contribution in [3.8, 4) is 23.0 Å². The van der Waals surface area contributed by atoms with Crippen LogP contribution in [0.1, 0.15) is 37.3 Å². The third-order valence-electron chi connectivity index (χ3n) is 6.65. The molecule has 4 rings (SSSR count). The molecule has 1 aliphatic rings. The van der Waals surface area contributed by atoms with Gasteiger partial charge in [-0.05, 0) is 66.4 Å². The van der Waals surface area contributed by atoms with Gasteiger partial charge < -0.3 is 29.2 Å². The van der Waals surface area contributed by atoms with Gasteiger partial charge >= 0.3 is 5.97 Å². The smallest absolute Gasteiger partial charge is 0.311 e. The molecule has 0 bridgehead atoms. The van der Waals surface area contributed by atoms with Gasteiger partial charge in [0.2, 0.25) is 5.91 Å². The molecular formula is C31H34N2O7. The second-order valence-corrected chi connectivity index (χ2v) is 9.92. The highest BCUT2D eigenvalue weighted by molar-refractivity contribution is 6.00. The lowest BCUT2D eigenvalue weighted by atomic mass is 10.0. The summed E-state index contributed by atoms with van der Waals surface area (Å²) in [4.78, 5) is 39.3. The zero-order valence-electron chi connectivity index (χ0n) is 23.4. The monoisotopic (exact) mass is 546 g/mol. The number of amides is 2. The van der Waals surface area contributed by atoms with Crippen LogP contribution in [0.5, 0.6) is 23.0 Å². The van der Waals surface area contributed by atoms with Crippen LogP contribution in [0.15, 0.2) is 60.7 Å². The Hall–Kier alpha value is -4.53. The predicted molar refractivity (Wildman–Crippen MR) is 151 cm³/mol. The van der Waals surface area contributed by atoms with E-state index in [2.05, 4.69) is 31.3 Å². The second-order valence-electron chi connectivity index (χ2n) is 9.92. The number of nitrogens with one attached hydrogen (secondary N) is 1. The van der Waals surface area contributed by atoms with Crippen molar-refractivity contribution < 1.29 is 33.3 Å². The van der Waals surface area contributed by atoms with Gasteiger partial charge in [-0.15, -0.1) is 0 Å². The molecule has 0 saturated carbocycles. The highest BCUT2D eigenvalue weighted by Crippen LogP contribution is 2.33. The molecule has 1 atom stereocenters. The van der Waals surface area contributed by atoms with Crippen LogP contribution in [0, 0.1) is 12.8 Å². The first-order valence-electron chi connectivity index (χ1n) is 13.1. The van der Waals surface area contributed by atoms with E-state index in [0.717, 1.165) is 16.9 Å². The quantitative estimate of drug-likeness (QED) is 0.337. The van der Waals surface area contributed by atoms with Crippen LogP contribution in [0.2, 0.25) is 0 Å². The van der Waals surface area contributed by atoms with Crippen LogP contribution in [0.25, 0.3) is 0 Å². The lowest BCUT2D eigenvalue weighted by Gasteiger charge is -2.18. The number of anilines is 2. The molecule has 1 aliphatic heterocycles. The van der Waals surface area contributed by atoms with E-state index in [9.17, 15) is 14.4 Å². The summed E-state index contributed by atoms with van der Waals surface area (Å²) >= 11 is 0. The molecule has 0 unspecified atom stereocenters. The third kappa shape index (κ3) is 6.72. The van der Waals surface area contributed by atoms with Crippen LogP contribution in [0.4, 0.5) is 11.4 Å². The fraction of sp³-hybridized carbons (Fsp3) is 0.323. The first-order chi connectivity index (χ1) is 19.2. The minimum Gasteiger partial charge on any atom is -0.497 e. The van der Waals surface area contributed by atoms with E-state index in [4.69, 9.17) is 18.9 Å². The summed E-state index contributed by atoms with van der Waals surface area (Å²) in [5, 5.41) is 2.65. The highest BCUT2D eigenvalue weighted by Gasteiger charge is 2.36. The molecule has 0 spiro atoms. The molecule has 1 N–H and O–H groups in total. The summed E-state index contributed by atoms with van der Waals surface area (Å²) in [6.07, 6.45) is 0.00342. The highest BCUT2D eigenvalue weighted by atomic mass is 16.5. The van der Waals surface area contributed by atoms with Gasteiger partial charge in [0, 0.05) is 24.7 Å². The molecule has 1 fully saturated rings. The minimum absolute atomic E-state index is 0.00342. The molecule has 9 heteroatoms. The molecule has 210 valence electrons. The molecule has 0 aromatic heterocycles. The van der Waals surface area contributed by atoms with Crippen molar-refractivity contribution in [3.05, 3.63) is 71.8 Å². The zero-order chi connectivity index (χ0) is 28.8. The number of benzene rings is 3. The van der Waals surface area contributed by atoms with Gasteiger partial charge in [0.15, 0.2) is 6.61 Å². The van der Waals surface area contributed by atoms with E-state index in [0.29, 0.717) is 34.5 Å². The number of esters is 1. The number of hydrogen-bond acceptors (Lipinski definition) is 7. The van der Waals surface area contributed by atoms with Crippen LogP contribution in [-0.2, 0) is 19.1 Å². The van der Waals surface area contributed by atoms with Gasteiger partial charge in [0.1, 0.15) is 23.0 Å². The standard InChI is InChI=1S/C31H34N2O7/c1-19(2)25-12-6-20(3)14-28(25)40-23-9-7-22(8-10-23)33-17-21(15-30(33)35)31(36)39-18-29(34)32-26-16-24(37-4)11-13-27(26)38-5/h6-14,16,19,21H,15,17-18H2,1-5H3,(H,32,34)/t21-/m1/s1. The Morgan fingerprint density at radius 2 is 1.68 bits per heavy atom. The summed E-state index contributed by atoms with van der Waals surface area (Å²) in [5.74, 6) is 0.722. The van der Waals surface area contributed by atoms with Crippen molar-refractivity contribution in [1.29, 1.82) is 0 Å². The molecule has 1 heterocycles. The Morgan fingerprint density at radius 3 is 2.35 bits per heavy atom. The molecular weight excluding hydrogens is 512 g/mol. The lowest BCUT2D eigenvalue weighted by molar-refractivity contribution is -0.151. The van der Waals surface area contributed by atoms with Gasteiger partial charge in [-0.1, -0.05) is 26.0 Å². The largest absolute Gasteiger partial charge is 0.497 e. The van der Waals surface area contributed by atoms with Gasteiger partial charge in [0.25, 0.3) is 5.91 Å². The Morgan fingerprint density at radius 1 is 0.950 bits per heavy atom. The number of nitrogens with zero attached hydrogens (tertiary/aromatic N) is 1. The van der Waals surface area contributed by atoms with Crippen LogP contribution >= 0.6 is 0 Å². The number of hydrogen-bond donors (Lipinski definition) is 1.